The second-order valence-electron chi connectivity index (χ2n) is 11.5. The molecule has 0 aromatic heterocycles. The predicted molar refractivity (Wildman–Crippen MR) is 188 cm³/mol. The fourth-order valence-electron chi connectivity index (χ4n) is 5.09. The number of methoxy groups -OCH3 is 3. The van der Waals surface area contributed by atoms with Crippen LogP contribution in [0, 0.1) is 6.92 Å². The summed E-state index contributed by atoms with van der Waals surface area (Å²) < 4.78 is 16.1. The molecule has 3 N–H and O–H groups in total. The summed E-state index contributed by atoms with van der Waals surface area (Å²) in [6.45, 7) is 3.07. The number of amides is 5. The number of nitrogens with one attached hydrogen (secondary N) is 2. The van der Waals surface area contributed by atoms with Gasteiger partial charge in [-0.1, -0.05) is 30.3 Å². The van der Waals surface area contributed by atoms with Gasteiger partial charge in [0.05, 0.1) is 39.9 Å². The molecule has 0 radical (unpaired) electrons. The molecule has 5 amide bonds. The van der Waals surface area contributed by atoms with Crippen LogP contribution in [0.2, 0.25) is 0 Å². The zero-order valence-corrected chi connectivity index (χ0v) is 29.1. The van der Waals surface area contributed by atoms with Crippen LogP contribution in [0.5, 0.6) is 17.2 Å². The van der Waals surface area contributed by atoms with Gasteiger partial charge < -0.3 is 44.7 Å². The van der Waals surface area contributed by atoms with Crippen molar-refractivity contribution in [2.45, 2.75) is 32.6 Å². The smallest absolute Gasteiger partial charge is 0.323 e. The molecule has 0 aliphatic carbocycles. The lowest BCUT2D eigenvalue weighted by Crippen LogP contribution is -2.44. The van der Waals surface area contributed by atoms with Crippen LogP contribution in [-0.4, -0.2) is 105 Å². The van der Waals surface area contributed by atoms with Crippen molar-refractivity contribution in [1.82, 2.24) is 14.7 Å². The van der Waals surface area contributed by atoms with E-state index in [9.17, 15) is 24.3 Å². The van der Waals surface area contributed by atoms with E-state index in [1.165, 1.54) is 12.0 Å². The molecule has 0 atom stereocenters. The van der Waals surface area contributed by atoms with Gasteiger partial charge in [0, 0.05) is 46.0 Å². The van der Waals surface area contributed by atoms with Crippen LogP contribution >= 0.6 is 0 Å². The van der Waals surface area contributed by atoms with Gasteiger partial charge in [-0.15, -0.1) is 0 Å². The summed E-state index contributed by atoms with van der Waals surface area (Å²) in [4.78, 5) is 54.9. The molecule has 0 aliphatic rings. The van der Waals surface area contributed by atoms with Gasteiger partial charge in [-0.05, 0) is 66.8 Å². The Balaban J connectivity index is 1.51. The number of hydrogen-bond acceptors (Lipinski definition) is 7. The van der Waals surface area contributed by atoms with Crippen LogP contribution in [-0.2, 0) is 22.4 Å². The lowest BCUT2D eigenvalue weighted by molar-refractivity contribution is -0.137. The molecule has 264 valence electrons. The first-order valence-electron chi connectivity index (χ1n) is 15.9. The average Bonchev–Trinajstić information content (AvgIpc) is 3.09. The van der Waals surface area contributed by atoms with E-state index < -0.39 is 12.0 Å². The van der Waals surface area contributed by atoms with Crippen LogP contribution in [0.15, 0.2) is 60.7 Å². The largest absolute Gasteiger partial charge is 0.495 e. The van der Waals surface area contributed by atoms with Gasteiger partial charge in [0.2, 0.25) is 5.91 Å². The number of carbonyl (C=O) groups excluding carboxylic acids is 3. The van der Waals surface area contributed by atoms with Crippen molar-refractivity contribution in [3.05, 3.63) is 77.4 Å². The summed E-state index contributed by atoms with van der Waals surface area (Å²) in [5, 5.41) is 14.9. The highest BCUT2D eigenvalue weighted by Crippen LogP contribution is 2.28. The average molecular weight is 678 g/mol. The highest BCUT2D eigenvalue weighted by Gasteiger charge is 2.20. The number of carboxylic acid groups (broad SMARTS) is 1. The summed E-state index contributed by atoms with van der Waals surface area (Å²) >= 11 is 0. The quantitative estimate of drug-likeness (QED) is 0.178. The topological polar surface area (TPSA) is 150 Å². The minimum absolute atomic E-state index is 0.0688. The molecular weight excluding hydrogens is 630 g/mol. The maximum atomic E-state index is 13.3. The molecule has 0 saturated carbocycles. The minimum Gasteiger partial charge on any atom is -0.495 e. The van der Waals surface area contributed by atoms with Crippen molar-refractivity contribution in [3.8, 4) is 17.2 Å². The third kappa shape index (κ3) is 11.6. The number of carboxylic acids is 1. The van der Waals surface area contributed by atoms with Gasteiger partial charge >= 0.3 is 18.0 Å². The Morgan fingerprint density at radius 1 is 0.714 bits per heavy atom. The number of urea groups is 2. The third-order valence-corrected chi connectivity index (χ3v) is 7.99. The van der Waals surface area contributed by atoms with E-state index in [2.05, 4.69) is 10.6 Å². The molecule has 3 rings (SSSR count). The first-order chi connectivity index (χ1) is 23.4. The van der Waals surface area contributed by atoms with Crippen molar-refractivity contribution in [2.75, 3.05) is 72.2 Å². The first-order valence-corrected chi connectivity index (χ1v) is 15.9. The Morgan fingerprint density at radius 3 is 2.02 bits per heavy atom. The van der Waals surface area contributed by atoms with Gasteiger partial charge in [-0.3, -0.25) is 9.59 Å². The standard InChI is InChI=1S/C36H47N5O8/c1-25-10-7-8-11-28(25)37-35(45)38-29-14-12-27(23-31(29)48-5)24-33(42)39(2)18-9-19-40(3)36(46)41(21-17-34(43)44)20-16-26-13-15-30(47-4)32(22-26)49-6/h7-8,10-15,22-23H,9,16-21,24H2,1-6H3,(H,43,44)(H2,37,38,45). The van der Waals surface area contributed by atoms with E-state index in [-0.39, 0.29) is 31.3 Å². The van der Waals surface area contributed by atoms with Crippen molar-refractivity contribution < 1.29 is 38.5 Å². The van der Waals surface area contributed by atoms with Crippen molar-refractivity contribution >= 4 is 35.3 Å². The zero-order valence-electron chi connectivity index (χ0n) is 29.1. The molecule has 13 heteroatoms. The number of anilines is 2. The Hall–Kier alpha value is -5.46. The number of benzene rings is 3. The van der Waals surface area contributed by atoms with E-state index in [0.29, 0.717) is 61.1 Å². The van der Waals surface area contributed by atoms with Crippen LogP contribution in [0.3, 0.4) is 0 Å². The number of ether oxygens (including phenoxy) is 3. The number of hydrogen-bond donors (Lipinski definition) is 3. The van der Waals surface area contributed by atoms with Gasteiger partial charge in [0.15, 0.2) is 11.5 Å². The Labute approximate surface area is 287 Å². The highest BCUT2D eigenvalue weighted by atomic mass is 16.5. The van der Waals surface area contributed by atoms with Gasteiger partial charge in [-0.2, -0.15) is 0 Å². The monoisotopic (exact) mass is 677 g/mol. The maximum absolute atomic E-state index is 13.3. The molecule has 0 spiro atoms. The number of aryl methyl sites for hydroxylation is 1. The maximum Gasteiger partial charge on any atom is 0.323 e. The van der Waals surface area contributed by atoms with Gasteiger partial charge in [-0.25, -0.2) is 9.59 Å². The summed E-state index contributed by atoms with van der Waals surface area (Å²) in [7, 11) is 7.97. The molecule has 0 fully saturated rings. The second kappa shape index (κ2) is 18.8. The summed E-state index contributed by atoms with van der Waals surface area (Å²) in [6, 6.07) is 17.4. The lowest BCUT2D eigenvalue weighted by Gasteiger charge is -2.28. The van der Waals surface area contributed by atoms with Crippen LogP contribution < -0.4 is 24.8 Å². The second-order valence-corrected chi connectivity index (χ2v) is 11.5. The molecule has 0 unspecified atom stereocenters. The normalized spacial score (nSPS) is 10.5. The van der Waals surface area contributed by atoms with Crippen molar-refractivity contribution in [2.24, 2.45) is 0 Å². The Kier molecular flexibility index (Phi) is 14.6. The molecule has 0 heterocycles. The molecule has 0 bridgehead atoms. The number of carbonyl (C=O) groups is 4. The SMILES string of the molecule is COc1cc(CC(=O)N(C)CCCN(C)C(=O)N(CCC(=O)O)CCc2ccc(OC)c(OC)c2)ccc1NC(=O)Nc1ccccc1C. The van der Waals surface area contributed by atoms with Crippen molar-refractivity contribution in [1.29, 1.82) is 0 Å². The van der Waals surface area contributed by atoms with Crippen LogP contribution in [0.4, 0.5) is 21.0 Å². The Bertz CT molecular complexity index is 1600. The summed E-state index contributed by atoms with van der Waals surface area (Å²) in [5.41, 5.74) is 3.73. The van der Waals surface area contributed by atoms with Crippen LogP contribution in [0.25, 0.3) is 0 Å². The number of likely N-dealkylation sites (N-methyl/N-ethyl adjacent to an activating group) is 1. The van der Waals surface area contributed by atoms with Gasteiger partial charge in [0.1, 0.15) is 5.75 Å². The first kappa shape index (κ1) is 38.0. The number of para-hydroxylation sites is 1. The van der Waals surface area contributed by atoms with Crippen LogP contribution in [0.1, 0.15) is 29.5 Å². The third-order valence-electron chi connectivity index (χ3n) is 7.99. The molecule has 3 aromatic rings. The molecule has 0 saturated heterocycles. The zero-order chi connectivity index (χ0) is 35.9. The van der Waals surface area contributed by atoms with E-state index >= 15 is 0 Å². The van der Waals surface area contributed by atoms with Gasteiger partial charge in [0.25, 0.3) is 0 Å². The fraction of sp³-hybridized carbons (Fsp3) is 0.389. The molecule has 0 aliphatic heterocycles. The predicted octanol–water partition coefficient (Wildman–Crippen LogP) is 5.13. The molecule has 13 nitrogen and oxygen atoms in total. The number of nitrogens with zero attached hydrogens (tertiary/aromatic N) is 3. The molecular formula is C36H47N5O8. The number of rotatable bonds is 17. The van der Waals surface area contributed by atoms with E-state index in [4.69, 9.17) is 14.2 Å². The lowest BCUT2D eigenvalue weighted by atomic mass is 10.1. The fourth-order valence-corrected chi connectivity index (χ4v) is 5.09. The van der Waals surface area contributed by atoms with E-state index in [1.807, 2.05) is 43.3 Å². The Morgan fingerprint density at radius 2 is 1.35 bits per heavy atom. The highest BCUT2D eigenvalue weighted by molar-refractivity contribution is 6.01. The van der Waals surface area contributed by atoms with Crippen molar-refractivity contribution in [3.63, 3.8) is 0 Å². The molecule has 49 heavy (non-hydrogen) atoms. The molecule has 3 aromatic carbocycles. The minimum atomic E-state index is -0.987. The van der Waals surface area contributed by atoms with E-state index in [1.54, 1.807) is 62.4 Å². The summed E-state index contributed by atoms with van der Waals surface area (Å²) in [6.07, 6.45) is 0.968. The number of aliphatic carboxylic acids is 1. The summed E-state index contributed by atoms with van der Waals surface area (Å²) in [5.74, 6) is 0.488. The van der Waals surface area contributed by atoms with E-state index in [0.717, 1.165) is 16.7 Å².